The summed E-state index contributed by atoms with van der Waals surface area (Å²) in [6, 6.07) is 4.95. The smallest absolute Gasteiger partial charge is 0.244 e. The Morgan fingerprint density at radius 1 is 1.50 bits per heavy atom. The van der Waals surface area contributed by atoms with E-state index in [2.05, 4.69) is 20.7 Å². The van der Waals surface area contributed by atoms with E-state index in [-0.39, 0.29) is 11.0 Å². The molecule has 0 saturated carbocycles. The minimum absolute atomic E-state index is 0.0347. The summed E-state index contributed by atoms with van der Waals surface area (Å²) in [7, 11) is -3.61. The summed E-state index contributed by atoms with van der Waals surface area (Å²) in [4.78, 5) is 0.145. The van der Waals surface area contributed by atoms with E-state index in [9.17, 15) is 8.42 Å². The summed E-state index contributed by atoms with van der Waals surface area (Å²) in [5.74, 6) is 0.357. The fourth-order valence-electron chi connectivity index (χ4n) is 2.05. The topological polar surface area (TPSA) is 64.6 Å². The second-order valence-electron chi connectivity index (χ2n) is 4.51. The van der Waals surface area contributed by atoms with E-state index >= 15 is 0 Å². The maximum atomic E-state index is 12.4. The molecule has 7 heteroatoms. The SMILES string of the molecule is CCOc1ccc(Br)cc1S(=O)(=O)NC[C@H]1CCCO1. The van der Waals surface area contributed by atoms with Crippen LogP contribution in [0.2, 0.25) is 0 Å². The van der Waals surface area contributed by atoms with Crippen molar-refractivity contribution < 1.29 is 17.9 Å². The molecule has 0 radical (unpaired) electrons. The van der Waals surface area contributed by atoms with E-state index < -0.39 is 10.0 Å². The minimum Gasteiger partial charge on any atom is -0.492 e. The highest BCUT2D eigenvalue weighted by molar-refractivity contribution is 9.10. The molecule has 0 aromatic heterocycles. The van der Waals surface area contributed by atoms with Crippen LogP contribution < -0.4 is 9.46 Å². The van der Waals surface area contributed by atoms with Crippen molar-refractivity contribution in [2.24, 2.45) is 0 Å². The lowest BCUT2D eigenvalue weighted by atomic mass is 10.2. The van der Waals surface area contributed by atoms with Gasteiger partial charge in [0.15, 0.2) is 0 Å². The van der Waals surface area contributed by atoms with E-state index in [4.69, 9.17) is 9.47 Å². The van der Waals surface area contributed by atoms with Gasteiger partial charge in [-0.2, -0.15) is 0 Å². The van der Waals surface area contributed by atoms with Crippen LogP contribution in [0.3, 0.4) is 0 Å². The number of sulfonamides is 1. The van der Waals surface area contributed by atoms with E-state index in [0.717, 1.165) is 12.8 Å². The van der Waals surface area contributed by atoms with Crippen LogP contribution in [0, 0.1) is 0 Å². The third-order valence-corrected chi connectivity index (χ3v) is 4.96. The number of halogens is 1. The monoisotopic (exact) mass is 363 g/mol. The second kappa shape index (κ2) is 6.89. The lowest BCUT2D eigenvalue weighted by molar-refractivity contribution is 0.114. The van der Waals surface area contributed by atoms with Crippen molar-refractivity contribution in [1.82, 2.24) is 4.72 Å². The first-order valence-corrected chi connectivity index (χ1v) is 8.84. The maximum absolute atomic E-state index is 12.4. The fraction of sp³-hybridized carbons (Fsp3) is 0.538. The van der Waals surface area contributed by atoms with E-state index in [0.29, 0.717) is 30.0 Å². The number of hydrogen-bond acceptors (Lipinski definition) is 4. The van der Waals surface area contributed by atoms with Crippen molar-refractivity contribution in [3.63, 3.8) is 0 Å². The Balaban J connectivity index is 2.16. The molecule has 1 fully saturated rings. The Hall–Kier alpha value is -0.630. The minimum atomic E-state index is -3.61. The van der Waals surface area contributed by atoms with E-state index in [1.165, 1.54) is 0 Å². The zero-order chi connectivity index (χ0) is 14.6. The van der Waals surface area contributed by atoms with Crippen LogP contribution in [0.1, 0.15) is 19.8 Å². The first kappa shape index (κ1) is 15.8. The predicted molar refractivity (Wildman–Crippen MR) is 79.5 cm³/mol. The van der Waals surface area contributed by atoms with Crippen LogP contribution in [-0.4, -0.2) is 34.3 Å². The normalized spacial score (nSPS) is 19.2. The summed E-state index contributed by atoms with van der Waals surface area (Å²) in [6.45, 7) is 3.22. The molecule has 5 nitrogen and oxygen atoms in total. The van der Waals surface area contributed by atoms with Crippen molar-refractivity contribution in [3.05, 3.63) is 22.7 Å². The molecule has 0 bridgehead atoms. The molecule has 0 amide bonds. The Labute approximate surface area is 127 Å². The lowest BCUT2D eigenvalue weighted by Crippen LogP contribution is -2.32. The second-order valence-corrected chi connectivity index (χ2v) is 7.16. The highest BCUT2D eigenvalue weighted by Crippen LogP contribution is 2.27. The maximum Gasteiger partial charge on any atom is 0.244 e. The van der Waals surface area contributed by atoms with Gasteiger partial charge < -0.3 is 9.47 Å². The Morgan fingerprint density at radius 3 is 2.95 bits per heavy atom. The predicted octanol–water partition coefficient (Wildman–Crippen LogP) is 2.31. The van der Waals surface area contributed by atoms with Gasteiger partial charge in [0, 0.05) is 17.6 Å². The largest absolute Gasteiger partial charge is 0.492 e. The number of rotatable bonds is 6. The van der Waals surface area contributed by atoms with Crippen LogP contribution in [0.25, 0.3) is 0 Å². The van der Waals surface area contributed by atoms with Gasteiger partial charge >= 0.3 is 0 Å². The molecule has 20 heavy (non-hydrogen) atoms. The van der Waals surface area contributed by atoms with Gasteiger partial charge in [0.05, 0.1) is 12.7 Å². The molecule has 0 unspecified atom stereocenters. The van der Waals surface area contributed by atoms with Crippen LogP contribution >= 0.6 is 15.9 Å². The van der Waals surface area contributed by atoms with E-state index in [1.807, 2.05) is 6.92 Å². The van der Waals surface area contributed by atoms with Gasteiger partial charge in [0.1, 0.15) is 10.6 Å². The summed E-state index contributed by atoms with van der Waals surface area (Å²) >= 11 is 3.28. The van der Waals surface area contributed by atoms with Crippen molar-refractivity contribution >= 4 is 26.0 Å². The molecule has 1 aromatic rings. The molecule has 1 aliphatic rings. The number of ether oxygens (including phenoxy) is 2. The molecule has 112 valence electrons. The molecule has 1 aliphatic heterocycles. The van der Waals surface area contributed by atoms with Crippen molar-refractivity contribution in [2.45, 2.75) is 30.8 Å². The van der Waals surface area contributed by atoms with Crippen LogP contribution in [0.5, 0.6) is 5.75 Å². The van der Waals surface area contributed by atoms with Gasteiger partial charge in [0.25, 0.3) is 0 Å². The van der Waals surface area contributed by atoms with Gasteiger partial charge in [-0.15, -0.1) is 0 Å². The summed E-state index contributed by atoms with van der Waals surface area (Å²) in [5.41, 5.74) is 0. The third kappa shape index (κ3) is 3.94. The van der Waals surface area contributed by atoms with Gasteiger partial charge in [-0.05, 0) is 38.0 Å². The van der Waals surface area contributed by atoms with Gasteiger partial charge in [-0.1, -0.05) is 15.9 Å². The Bertz CT molecular complexity index is 555. The first-order valence-electron chi connectivity index (χ1n) is 6.56. The quantitative estimate of drug-likeness (QED) is 0.841. The van der Waals surface area contributed by atoms with Gasteiger partial charge in [0.2, 0.25) is 10.0 Å². The number of hydrogen-bond donors (Lipinski definition) is 1. The molecule has 0 aliphatic carbocycles. The van der Waals surface area contributed by atoms with Crippen molar-refractivity contribution in [1.29, 1.82) is 0 Å². The molecular weight excluding hydrogens is 346 g/mol. The number of benzene rings is 1. The highest BCUT2D eigenvalue weighted by atomic mass is 79.9. The molecule has 0 spiro atoms. The average Bonchev–Trinajstić information content (AvgIpc) is 2.92. The Morgan fingerprint density at radius 2 is 2.30 bits per heavy atom. The zero-order valence-electron chi connectivity index (χ0n) is 11.3. The van der Waals surface area contributed by atoms with Crippen LogP contribution in [-0.2, 0) is 14.8 Å². The lowest BCUT2D eigenvalue weighted by Gasteiger charge is -2.14. The molecule has 1 atom stereocenters. The summed E-state index contributed by atoms with van der Waals surface area (Å²) < 4.78 is 38.8. The average molecular weight is 364 g/mol. The number of nitrogens with one attached hydrogen (secondary N) is 1. The molecule has 1 saturated heterocycles. The third-order valence-electron chi connectivity index (χ3n) is 3.02. The van der Waals surface area contributed by atoms with Crippen molar-refractivity contribution in [2.75, 3.05) is 19.8 Å². The fourth-order valence-corrected chi connectivity index (χ4v) is 3.80. The molecule has 1 aromatic carbocycles. The molecule has 1 heterocycles. The standard InChI is InChI=1S/C13H18BrNO4S/c1-2-18-12-6-5-10(14)8-13(12)20(16,17)15-9-11-4-3-7-19-11/h5-6,8,11,15H,2-4,7,9H2,1H3/t11-/m1/s1. The van der Waals surface area contributed by atoms with Crippen LogP contribution in [0.4, 0.5) is 0 Å². The first-order chi connectivity index (χ1) is 9.53. The van der Waals surface area contributed by atoms with Gasteiger partial charge in [-0.25, -0.2) is 13.1 Å². The highest BCUT2D eigenvalue weighted by Gasteiger charge is 2.23. The van der Waals surface area contributed by atoms with Gasteiger partial charge in [-0.3, -0.25) is 0 Å². The zero-order valence-corrected chi connectivity index (χ0v) is 13.7. The molecule has 1 N–H and O–H groups in total. The summed E-state index contributed by atoms with van der Waals surface area (Å²) in [6.07, 6.45) is 1.83. The van der Waals surface area contributed by atoms with Crippen LogP contribution in [0.15, 0.2) is 27.6 Å². The molecule has 2 rings (SSSR count). The van der Waals surface area contributed by atoms with Crippen molar-refractivity contribution in [3.8, 4) is 5.75 Å². The molecular formula is C13H18BrNO4S. The Kier molecular flexibility index (Phi) is 5.42. The summed E-state index contributed by atoms with van der Waals surface area (Å²) in [5, 5.41) is 0. The van der Waals surface area contributed by atoms with E-state index in [1.54, 1.807) is 18.2 Å².